The zero-order chi connectivity index (χ0) is 11.7. The lowest BCUT2D eigenvalue weighted by Crippen LogP contribution is -2.22. The highest BCUT2D eigenvalue weighted by molar-refractivity contribution is 7.71. The number of aromatic nitrogens is 2. The second-order valence-corrected chi connectivity index (χ2v) is 5.15. The van der Waals surface area contributed by atoms with Crippen LogP contribution in [-0.4, -0.2) is 36.1 Å². The topological polar surface area (TPSA) is 44.0 Å². The maximum atomic E-state index is 5.25. The van der Waals surface area contributed by atoms with E-state index < -0.39 is 0 Å². The number of hydrogen-bond acceptors (Lipinski definition) is 4. The molecule has 5 heteroatoms. The Labute approximate surface area is 106 Å². The van der Waals surface area contributed by atoms with E-state index in [0.717, 1.165) is 44.8 Å². The highest BCUT2D eigenvalue weighted by Crippen LogP contribution is 2.25. The first-order valence-electron chi connectivity index (χ1n) is 6.42. The van der Waals surface area contributed by atoms with Crippen LogP contribution in [0.3, 0.4) is 0 Å². The minimum absolute atomic E-state index is 0.632. The van der Waals surface area contributed by atoms with Crippen LogP contribution in [0, 0.1) is 4.77 Å². The van der Waals surface area contributed by atoms with Crippen molar-refractivity contribution in [3.8, 4) is 0 Å². The van der Waals surface area contributed by atoms with Crippen LogP contribution in [0.4, 0.5) is 5.82 Å². The fraction of sp³-hybridized carbons (Fsp3) is 0.667. The van der Waals surface area contributed by atoms with E-state index in [-0.39, 0.29) is 0 Å². The quantitative estimate of drug-likeness (QED) is 0.740. The summed E-state index contributed by atoms with van der Waals surface area (Å²) in [6, 6.07) is 0. The van der Waals surface area contributed by atoms with Crippen molar-refractivity contribution in [3.63, 3.8) is 0 Å². The third-order valence-electron chi connectivity index (χ3n) is 3.61. The van der Waals surface area contributed by atoms with Crippen molar-refractivity contribution >= 4 is 18.0 Å². The van der Waals surface area contributed by atoms with Gasteiger partial charge in [-0.15, -0.1) is 0 Å². The zero-order valence-electron chi connectivity index (χ0n) is 9.96. The molecule has 1 saturated heterocycles. The molecule has 0 spiro atoms. The predicted molar refractivity (Wildman–Crippen MR) is 71.1 cm³/mol. The van der Waals surface area contributed by atoms with E-state index in [2.05, 4.69) is 20.2 Å². The van der Waals surface area contributed by atoms with E-state index in [4.69, 9.17) is 12.2 Å². The minimum Gasteiger partial charge on any atom is -0.356 e. The van der Waals surface area contributed by atoms with Crippen LogP contribution in [0.5, 0.6) is 0 Å². The summed E-state index contributed by atoms with van der Waals surface area (Å²) in [4.78, 5) is 10.2. The molecule has 0 aliphatic carbocycles. The minimum atomic E-state index is 0.632. The standard InChI is InChI=1S/C12H18N4S/c17-12-14-10-4-6-13-5-3-9(10)11(15-12)16-7-1-2-8-16/h13H,1-8H2,(H,14,15,17). The monoisotopic (exact) mass is 250 g/mol. The molecule has 4 nitrogen and oxygen atoms in total. The van der Waals surface area contributed by atoms with Gasteiger partial charge in [0, 0.05) is 37.3 Å². The Bertz CT molecular complexity index is 462. The lowest BCUT2D eigenvalue weighted by atomic mass is 10.1. The third-order valence-corrected chi connectivity index (χ3v) is 3.80. The molecule has 0 saturated carbocycles. The first-order chi connectivity index (χ1) is 8.34. The number of nitrogens with one attached hydrogen (secondary N) is 2. The molecular weight excluding hydrogens is 232 g/mol. The van der Waals surface area contributed by atoms with Gasteiger partial charge in [-0.25, -0.2) is 4.98 Å². The van der Waals surface area contributed by atoms with Crippen LogP contribution in [0.15, 0.2) is 0 Å². The van der Waals surface area contributed by atoms with E-state index in [1.807, 2.05) is 0 Å². The van der Waals surface area contributed by atoms with Crippen molar-refractivity contribution in [2.45, 2.75) is 25.7 Å². The second-order valence-electron chi connectivity index (χ2n) is 4.77. The van der Waals surface area contributed by atoms with Gasteiger partial charge in [-0.2, -0.15) is 0 Å². The normalized spacial score (nSPS) is 20.1. The Morgan fingerprint density at radius 2 is 1.88 bits per heavy atom. The lowest BCUT2D eigenvalue weighted by molar-refractivity contribution is 0.708. The Morgan fingerprint density at radius 1 is 1.12 bits per heavy atom. The first kappa shape index (κ1) is 11.2. The van der Waals surface area contributed by atoms with Crippen LogP contribution < -0.4 is 10.2 Å². The Morgan fingerprint density at radius 3 is 2.71 bits per heavy atom. The molecule has 1 aromatic rings. The molecule has 0 radical (unpaired) electrons. The SMILES string of the molecule is S=c1nc(N2CCCC2)c2c([nH]1)CCNCC2. The van der Waals surface area contributed by atoms with Gasteiger partial charge in [-0.05, 0) is 38.0 Å². The maximum absolute atomic E-state index is 5.25. The van der Waals surface area contributed by atoms with E-state index in [9.17, 15) is 0 Å². The van der Waals surface area contributed by atoms with E-state index in [1.54, 1.807) is 0 Å². The van der Waals surface area contributed by atoms with Crippen LogP contribution in [0.1, 0.15) is 24.1 Å². The number of nitrogens with zero attached hydrogens (tertiary/aromatic N) is 2. The summed E-state index contributed by atoms with van der Waals surface area (Å²) in [7, 11) is 0. The summed E-state index contributed by atoms with van der Waals surface area (Å²) in [5.41, 5.74) is 2.67. The smallest absolute Gasteiger partial charge is 0.198 e. The van der Waals surface area contributed by atoms with Gasteiger partial charge >= 0.3 is 0 Å². The van der Waals surface area contributed by atoms with Crippen molar-refractivity contribution in [1.29, 1.82) is 0 Å². The summed E-state index contributed by atoms with van der Waals surface area (Å²) < 4.78 is 0.632. The van der Waals surface area contributed by atoms with Crippen LogP contribution in [-0.2, 0) is 12.8 Å². The summed E-state index contributed by atoms with van der Waals surface area (Å²) >= 11 is 5.25. The second kappa shape index (κ2) is 4.74. The number of anilines is 1. The van der Waals surface area contributed by atoms with E-state index >= 15 is 0 Å². The highest BCUT2D eigenvalue weighted by atomic mass is 32.1. The summed E-state index contributed by atoms with van der Waals surface area (Å²) in [6.45, 7) is 4.33. The number of H-pyrrole nitrogens is 1. The van der Waals surface area contributed by atoms with Crippen molar-refractivity contribution < 1.29 is 0 Å². The highest BCUT2D eigenvalue weighted by Gasteiger charge is 2.20. The molecule has 0 unspecified atom stereocenters. The van der Waals surface area contributed by atoms with Gasteiger partial charge in [0.1, 0.15) is 5.82 Å². The van der Waals surface area contributed by atoms with Gasteiger partial charge in [0.25, 0.3) is 0 Å². The van der Waals surface area contributed by atoms with Crippen LogP contribution in [0.2, 0.25) is 0 Å². The molecule has 3 rings (SSSR count). The Balaban J connectivity index is 2.06. The van der Waals surface area contributed by atoms with Crippen molar-refractivity contribution in [2.75, 3.05) is 31.1 Å². The van der Waals surface area contributed by atoms with Crippen LogP contribution >= 0.6 is 12.2 Å². The molecular formula is C12H18N4S. The van der Waals surface area contributed by atoms with Gasteiger partial charge in [-0.1, -0.05) is 0 Å². The largest absolute Gasteiger partial charge is 0.356 e. The van der Waals surface area contributed by atoms with Gasteiger partial charge in [0.15, 0.2) is 4.77 Å². The summed E-state index contributed by atoms with van der Waals surface area (Å²) in [6.07, 6.45) is 4.64. The fourth-order valence-corrected chi connectivity index (χ4v) is 2.96. The molecule has 1 aromatic heterocycles. The maximum Gasteiger partial charge on any atom is 0.198 e. The molecule has 1 fully saturated rings. The average molecular weight is 250 g/mol. The van der Waals surface area contributed by atoms with Crippen molar-refractivity contribution in [3.05, 3.63) is 16.0 Å². The fourth-order valence-electron chi connectivity index (χ4n) is 2.75. The number of rotatable bonds is 1. The first-order valence-corrected chi connectivity index (χ1v) is 6.83. The lowest BCUT2D eigenvalue weighted by Gasteiger charge is -2.21. The molecule has 2 N–H and O–H groups in total. The van der Waals surface area contributed by atoms with E-state index in [0.29, 0.717) is 4.77 Å². The predicted octanol–water partition coefficient (Wildman–Crippen LogP) is 1.43. The molecule has 0 amide bonds. The molecule has 0 atom stereocenters. The summed E-state index contributed by atoms with van der Waals surface area (Å²) in [5, 5.41) is 3.43. The number of hydrogen-bond donors (Lipinski definition) is 2. The molecule has 0 aromatic carbocycles. The number of fused-ring (bicyclic) bond motifs is 1. The number of aromatic amines is 1. The average Bonchev–Trinajstić information content (AvgIpc) is 2.74. The van der Waals surface area contributed by atoms with Gasteiger partial charge in [0.05, 0.1) is 0 Å². The summed E-state index contributed by atoms with van der Waals surface area (Å²) in [5.74, 6) is 1.14. The Hall–Kier alpha value is -0.940. The molecule has 3 heterocycles. The molecule has 2 aliphatic heterocycles. The van der Waals surface area contributed by atoms with E-state index in [1.165, 1.54) is 24.1 Å². The van der Waals surface area contributed by atoms with Crippen LogP contribution in [0.25, 0.3) is 0 Å². The molecule has 17 heavy (non-hydrogen) atoms. The van der Waals surface area contributed by atoms with Gasteiger partial charge in [-0.3, -0.25) is 0 Å². The third kappa shape index (κ3) is 2.21. The zero-order valence-corrected chi connectivity index (χ0v) is 10.8. The Kier molecular flexibility index (Phi) is 3.11. The molecule has 2 aliphatic rings. The molecule has 0 bridgehead atoms. The van der Waals surface area contributed by atoms with Gasteiger partial charge < -0.3 is 15.2 Å². The van der Waals surface area contributed by atoms with Crippen molar-refractivity contribution in [1.82, 2.24) is 15.3 Å². The molecule has 92 valence electrons. The van der Waals surface area contributed by atoms with Gasteiger partial charge in [0.2, 0.25) is 0 Å². The van der Waals surface area contributed by atoms with Crippen molar-refractivity contribution in [2.24, 2.45) is 0 Å².